The first-order chi connectivity index (χ1) is 12.9. The molecule has 2 rings (SSSR count). The van der Waals surface area contributed by atoms with Crippen molar-refractivity contribution in [2.75, 3.05) is 20.2 Å². The molecule has 0 saturated carbocycles. The molecule has 0 spiro atoms. The van der Waals surface area contributed by atoms with Crippen molar-refractivity contribution in [3.05, 3.63) is 71.0 Å². The van der Waals surface area contributed by atoms with E-state index in [1.807, 2.05) is 31.2 Å². The van der Waals surface area contributed by atoms with E-state index < -0.39 is 30.8 Å². The van der Waals surface area contributed by atoms with E-state index in [4.69, 9.17) is 4.74 Å². The number of carbonyl (C=O) groups is 3. The maximum Gasteiger partial charge on any atom is 0.325 e. The average molecular weight is 372 g/mol. The Kier molecular flexibility index (Phi) is 7.05. The quantitative estimate of drug-likeness (QED) is 0.755. The van der Waals surface area contributed by atoms with Gasteiger partial charge in [0.25, 0.3) is 11.8 Å². The molecule has 142 valence electrons. The zero-order valence-electron chi connectivity index (χ0n) is 15.2. The summed E-state index contributed by atoms with van der Waals surface area (Å²) in [5, 5.41) is 2.26. The second-order valence-electron chi connectivity index (χ2n) is 6.00. The minimum atomic E-state index is -0.780. The van der Waals surface area contributed by atoms with Crippen molar-refractivity contribution in [3.63, 3.8) is 0 Å². The predicted octanol–water partition coefficient (Wildman–Crippen LogP) is 2.07. The van der Waals surface area contributed by atoms with Gasteiger partial charge in [0.2, 0.25) is 0 Å². The third kappa shape index (κ3) is 5.91. The molecule has 0 unspecified atom stereocenters. The van der Waals surface area contributed by atoms with Gasteiger partial charge in [0.15, 0.2) is 6.61 Å². The molecule has 0 aliphatic carbocycles. The Labute approximate surface area is 156 Å². The highest BCUT2D eigenvalue weighted by molar-refractivity contribution is 5.96. The van der Waals surface area contributed by atoms with Gasteiger partial charge in [-0.15, -0.1) is 0 Å². The highest BCUT2D eigenvalue weighted by Gasteiger charge is 2.15. The van der Waals surface area contributed by atoms with Crippen molar-refractivity contribution in [1.82, 2.24) is 10.2 Å². The monoisotopic (exact) mass is 372 g/mol. The summed E-state index contributed by atoms with van der Waals surface area (Å²) in [4.78, 5) is 37.1. The smallest absolute Gasteiger partial charge is 0.325 e. The molecule has 0 heterocycles. The van der Waals surface area contributed by atoms with Gasteiger partial charge in [0.1, 0.15) is 12.4 Å². The van der Waals surface area contributed by atoms with Crippen LogP contribution < -0.4 is 5.32 Å². The van der Waals surface area contributed by atoms with E-state index >= 15 is 0 Å². The van der Waals surface area contributed by atoms with E-state index in [-0.39, 0.29) is 11.5 Å². The molecule has 0 saturated heterocycles. The van der Waals surface area contributed by atoms with Gasteiger partial charge in [-0.1, -0.05) is 36.4 Å². The Morgan fingerprint density at radius 2 is 1.74 bits per heavy atom. The van der Waals surface area contributed by atoms with Crippen LogP contribution in [-0.2, 0) is 20.9 Å². The van der Waals surface area contributed by atoms with Crippen LogP contribution in [0.3, 0.4) is 0 Å². The standard InChI is InChI=1S/C20H21FN2O4/c1-14-7-3-4-8-15(14)12-23(2)18(24)13-27-19(25)11-22-20(26)16-9-5-6-10-17(16)21/h3-10H,11-13H2,1-2H3,(H,22,26). The summed E-state index contributed by atoms with van der Waals surface area (Å²) in [7, 11) is 1.61. The highest BCUT2D eigenvalue weighted by atomic mass is 19.1. The summed E-state index contributed by atoms with van der Waals surface area (Å²) in [6, 6.07) is 13.1. The Hall–Kier alpha value is -3.22. The van der Waals surface area contributed by atoms with Gasteiger partial charge in [-0.25, -0.2) is 4.39 Å². The van der Waals surface area contributed by atoms with Crippen molar-refractivity contribution in [2.24, 2.45) is 0 Å². The number of carbonyl (C=O) groups excluding carboxylic acids is 3. The van der Waals surface area contributed by atoms with E-state index in [9.17, 15) is 18.8 Å². The number of ether oxygens (including phenoxy) is 1. The molecule has 0 aromatic heterocycles. The predicted molar refractivity (Wildman–Crippen MR) is 97.3 cm³/mol. The third-order valence-electron chi connectivity index (χ3n) is 3.96. The van der Waals surface area contributed by atoms with E-state index in [0.29, 0.717) is 6.54 Å². The molecule has 0 bridgehead atoms. The molecule has 7 heteroatoms. The molecule has 0 radical (unpaired) electrons. The van der Waals surface area contributed by atoms with Gasteiger partial charge in [0, 0.05) is 13.6 Å². The minimum absolute atomic E-state index is 0.167. The number of nitrogens with one attached hydrogen (secondary N) is 1. The van der Waals surface area contributed by atoms with Crippen LogP contribution >= 0.6 is 0 Å². The lowest BCUT2D eigenvalue weighted by atomic mass is 10.1. The van der Waals surface area contributed by atoms with Crippen LogP contribution in [0.25, 0.3) is 0 Å². The number of halogens is 1. The van der Waals surface area contributed by atoms with Crippen molar-refractivity contribution < 1.29 is 23.5 Å². The van der Waals surface area contributed by atoms with Gasteiger partial charge in [-0.05, 0) is 30.2 Å². The highest BCUT2D eigenvalue weighted by Crippen LogP contribution is 2.09. The molecule has 0 fully saturated rings. The zero-order chi connectivity index (χ0) is 19.8. The number of rotatable bonds is 7. The molecule has 0 aliphatic heterocycles. The molecule has 27 heavy (non-hydrogen) atoms. The maximum absolute atomic E-state index is 13.5. The fourth-order valence-corrected chi connectivity index (χ4v) is 2.33. The largest absolute Gasteiger partial charge is 0.454 e. The summed E-state index contributed by atoms with van der Waals surface area (Å²) in [5.74, 6) is -2.56. The van der Waals surface area contributed by atoms with Gasteiger partial charge in [0.05, 0.1) is 5.56 Å². The normalized spacial score (nSPS) is 10.2. The number of aryl methyl sites for hydroxylation is 1. The lowest BCUT2D eigenvalue weighted by Crippen LogP contribution is -2.35. The Balaban J connectivity index is 1.76. The Morgan fingerprint density at radius 3 is 2.44 bits per heavy atom. The number of likely N-dealkylation sites (N-methyl/N-ethyl adjacent to an activating group) is 1. The summed E-state index contributed by atoms with van der Waals surface area (Å²) in [6.45, 7) is 1.46. The number of hydrogen-bond donors (Lipinski definition) is 1. The lowest BCUT2D eigenvalue weighted by molar-refractivity contribution is -0.150. The second kappa shape index (κ2) is 9.47. The van der Waals surface area contributed by atoms with Crippen LogP contribution in [0.15, 0.2) is 48.5 Å². The average Bonchev–Trinajstić information content (AvgIpc) is 2.66. The van der Waals surface area contributed by atoms with Crippen LogP contribution in [0.4, 0.5) is 4.39 Å². The van der Waals surface area contributed by atoms with Gasteiger partial charge in [-0.2, -0.15) is 0 Å². The summed E-state index contributed by atoms with van der Waals surface area (Å²) in [5.41, 5.74) is 1.89. The fraction of sp³-hybridized carbons (Fsp3) is 0.250. The van der Waals surface area contributed by atoms with E-state index in [0.717, 1.165) is 17.2 Å². The molecule has 2 aromatic rings. The zero-order valence-corrected chi connectivity index (χ0v) is 15.2. The molecular formula is C20H21FN2O4. The molecule has 0 atom stereocenters. The van der Waals surface area contributed by atoms with Gasteiger partial charge < -0.3 is 15.0 Å². The summed E-state index contributed by atoms with van der Waals surface area (Å²) < 4.78 is 18.4. The first-order valence-corrected chi connectivity index (χ1v) is 8.35. The lowest BCUT2D eigenvalue weighted by Gasteiger charge is -2.18. The van der Waals surface area contributed by atoms with E-state index in [1.165, 1.54) is 23.1 Å². The maximum atomic E-state index is 13.5. The van der Waals surface area contributed by atoms with Gasteiger partial charge in [-0.3, -0.25) is 14.4 Å². The van der Waals surface area contributed by atoms with Crippen molar-refractivity contribution in [3.8, 4) is 0 Å². The number of benzene rings is 2. The summed E-state index contributed by atoms with van der Waals surface area (Å²) in [6.07, 6.45) is 0. The Bertz CT molecular complexity index is 838. The molecule has 1 N–H and O–H groups in total. The van der Waals surface area contributed by atoms with Crippen LogP contribution in [0.5, 0.6) is 0 Å². The van der Waals surface area contributed by atoms with E-state index in [1.54, 1.807) is 7.05 Å². The summed E-state index contributed by atoms with van der Waals surface area (Å²) >= 11 is 0. The minimum Gasteiger partial charge on any atom is -0.454 e. The molecule has 6 nitrogen and oxygen atoms in total. The van der Waals surface area contributed by atoms with Gasteiger partial charge >= 0.3 is 5.97 Å². The van der Waals surface area contributed by atoms with Crippen LogP contribution in [-0.4, -0.2) is 42.9 Å². The Morgan fingerprint density at radius 1 is 1.07 bits per heavy atom. The number of esters is 1. The van der Waals surface area contributed by atoms with Crippen molar-refractivity contribution in [1.29, 1.82) is 0 Å². The molecule has 2 amide bonds. The van der Waals surface area contributed by atoms with Crippen molar-refractivity contribution >= 4 is 17.8 Å². The third-order valence-corrected chi connectivity index (χ3v) is 3.96. The second-order valence-corrected chi connectivity index (χ2v) is 6.00. The number of hydrogen-bond acceptors (Lipinski definition) is 4. The van der Waals surface area contributed by atoms with Crippen LogP contribution in [0.1, 0.15) is 21.5 Å². The van der Waals surface area contributed by atoms with Crippen molar-refractivity contribution in [2.45, 2.75) is 13.5 Å². The number of amides is 2. The molecular weight excluding hydrogens is 351 g/mol. The van der Waals surface area contributed by atoms with E-state index in [2.05, 4.69) is 5.32 Å². The SMILES string of the molecule is Cc1ccccc1CN(C)C(=O)COC(=O)CNC(=O)c1ccccc1F. The van der Waals surface area contributed by atoms with Crippen LogP contribution in [0, 0.1) is 12.7 Å². The first kappa shape index (κ1) is 20.1. The molecule has 0 aliphatic rings. The fourth-order valence-electron chi connectivity index (χ4n) is 2.33. The number of nitrogens with zero attached hydrogens (tertiary/aromatic N) is 1. The molecule has 2 aromatic carbocycles. The van der Waals surface area contributed by atoms with Crippen LogP contribution in [0.2, 0.25) is 0 Å². The first-order valence-electron chi connectivity index (χ1n) is 8.35. The topological polar surface area (TPSA) is 75.7 Å².